The maximum Gasteiger partial charge on any atom is 0.217 e. The van der Waals surface area contributed by atoms with Crippen LogP contribution in [0.15, 0.2) is 30.6 Å². The van der Waals surface area contributed by atoms with Crippen LogP contribution in [0.3, 0.4) is 0 Å². The van der Waals surface area contributed by atoms with E-state index in [1.807, 2.05) is 28.8 Å². The standard InChI is InChI=1S/C22H27ClN6O/c1-14(30)25-16-9-10-28(12-16)19-18-20(27-21(26-19)22(2,3)4)29(13-24-18)11-15-7-5-6-8-17(15)23/h5-8,13,16H,9-12H2,1-4H3,(H,25,30)/t16-/m0/s1. The quantitative estimate of drug-likeness (QED) is 0.690. The van der Waals surface area contributed by atoms with Crippen LogP contribution in [0, 0.1) is 0 Å². The summed E-state index contributed by atoms with van der Waals surface area (Å²) in [7, 11) is 0. The summed E-state index contributed by atoms with van der Waals surface area (Å²) < 4.78 is 2.03. The predicted octanol–water partition coefficient (Wildman–Crippen LogP) is 3.54. The first kappa shape index (κ1) is 20.6. The van der Waals surface area contributed by atoms with Crippen molar-refractivity contribution in [1.82, 2.24) is 24.8 Å². The van der Waals surface area contributed by atoms with Crippen molar-refractivity contribution in [1.29, 1.82) is 0 Å². The Morgan fingerprint density at radius 1 is 1.27 bits per heavy atom. The molecule has 3 heterocycles. The van der Waals surface area contributed by atoms with Crippen LogP contribution in [0.1, 0.15) is 45.5 Å². The van der Waals surface area contributed by atoms with E-state index in [0.29, 0.717) is 13.1 Å². The molecule has 0 bridgehead atoms. The van der Waals surface area contributed by atoms with Gasteiger partial charge in [-0.1, -0.05) is 50.6 Å². The van der Waals surface area contributed by atoms with Crippen LogP contribution in [0.4, 0.5) is 5.82 Å². The number of hydrogen-bond acceptors (Lipinski definition) is 5. The van der Waals surface area contributed by atoms with Crippen molar-refractivity contribution >= 4 is 34.5 Å². The van der Waals surface area contributed by atoms with E-state index >= 15 is 0 Å². The SMILES string of the molecule is CC(=O)N[C@H]1CCN(c2nc(C(C)(C)C)nc3c2ncn3Cc2ccccc2Cl)C1. The second-order valence-corrected chi connectivity index (χ2v) is 9.30. The normalized spacial score (nSPS) is 17.0. The van der Waals surface area contributed by atoms with Gasteiger partial charge in [-0.15, -0.1) is 0 Å². The highest BCUT2D eigenvalue weighted by Gasteiger charge is 2.29. The molecule has 0 unspecified atom stereocenters. The van der Waals surface area contributed by atoms with Gasteiger partial charge in [-0.05, 0) is 18.1 Å². The minimum Gasteiger partial charge on any atom is -0.353 e. The third kappa shape index (κ3) is 4.12. The number of imidazole rings is 1. The molecule has 1 N–H and O–H groups in total. The molecule has 158 valence electrons. The number of anilines is 1. The molecule has 30 heavy (non-hydrogen) atoms. The zero-order chi connectivity index (χ0) is 21.5. The van der Waals surface area contributed by atoms with Crippen LogP contribution < -0.4 is 10.2 Å². The number of nitrogens with one attached hydrogen (secondary N) is 1. The van der Waals surface area contributed by atoms with E-state index in [-0.39, 0.29) is 17.4 Å². The Hall–Kier alpha value is -2.67. The summed E-state index contributed by atoms with van der Waals surface area (Å²) in [5, 5.41) is 3.74. The van der Waals surface area contributed by atoms with Crippen molar-refractivity contribution in [3.05, 3.63) is 47.0 Å². The van der Waals surface area contributed by atoms with Gasteiger partial charge in [0.2, 0.25) is 5.91 Å². The van der Waals surface area contributed by atoms with Crippen LogP contribution in [-0.2, 0) is 16.8 Å². The molecular formula is C22H27ClN6O. The monoisotopic (exact) mass is 426 g/mol. The van der Waals surface area contributed by atoms with Crippen molar-refractivity contribution < 1.29 is 4.79 Å². The topological polar surface area (TPSA) is 75.9 Å². The molecule has 7 nitrogen and oxygen atoms in total. The zero-order valence-electron chi connectivity index (χ0n) is 17.8. The Labute approximate surface area is 181 Å². The molecule has 0 saturated carbocycles. The minimum atomic E-state index is -0.209. The van der Waals surface area contributed by atoms with Gasteiger partial charge in [0.1, 0.15) is 5.82 Å². The summed E-state index contributed by atoms with van der Waals surface area (Å²) >= 11 is 6.38. The lowest BCUT2D eigenvalue weighted by molar-refractivity contribution is -0.119. The molecule has 1 aliphatic rings. The number of carbonyl (C=O) groups is 1. The number of hydrogen-bond donors (Lipinski definition) is 1. The van der Waals surface area contributed by atoms with Crippen molar-refractivity contribution in [3.63, 3.8) is 0 Å². The van der Waals surface area contributed by atoms with Gasteiger partial charge in [0.15, 0.2) is 17.0 Å². The van der Waals surface area contributed by atoms with Crippen LogP contribution in [-0.4, -0.2) is 44.6 Å². The molecule has 1 fully saturated rings. The average Bonchev–Trinajstić information content (AvgIpc) is 3.29. The molecule has 3 aromatic rings. The highest BCUT2D eigenvalue weighted by molar-refractivity contribution is 6.31. The maximum atomic E-state index is 11.5. The molecule has 2 aromatic heterocycles. The lowest BCUT2D eigenvalue weighted by Crippen LogP contribution is -2.36. The third-order valence-electron chi connectivity index (χ3n) is 5.31. The second kappa shape index (κ2) is 7.87. The molecule has 4 rings (SSSR count). The lowest BCUT2D eigenvalue weighted by atomic mass is 9.96. The Bertz CT molecular complexity index is 1090. The van der Waals surface area contributed by atoms with Gasteiger partial charge in [-0.2, -0.15) is 0 Å². The summed E-state index contributed by atoms with van der Waals surface area (Å²) in [5.41, 5.74) is 2.38. The number of rotatable bonds is 4. The highest BCUT2D eigenvalue weighted by Crippen LogP contribution is 2.30. The fraction of sp³-hybridized carbons (Fsp3) is 0.455. The van der Waals surface area contributed by atoms with E-state index < -0.39 is 0 Å². The van der Waals surface area contributed by atoms with Gasteiger partial charge < -0.3 is 14.8 Å². The van der Waals surface area contributed by atoms with Gasteiger partial charge in [-0.3, -0.25) is 4.79 Å². The molecule has 0 spiro atoms. The molecule has 0 aliphatic carbocycles. The van der Waals surface area contributed by atoms with E-state index in [0.717, 1.165) is 46.4 Å². The molecule has 1 saturated heterocycles. The van der Waals surface area contributed by atoms with E-state index in [9.17, 15) is 4.79 Å². The van der Waals surface area contributed by atoms with Crippen molar-refractivity contribution in [2.75, 3.05) is 18.0 Å². The van der Waals surface area contributed by atoms with Crippen molar-refractivity contribution in [3.8, 4) is 0 Å². The molecule has 0 radical (unpaired) electrons. The Balaban J connectivity index is 1.76. The average molecular weight is 427 g/mol. The van der Waals surface area contributed by atoms with Gasteiger partial charge in [-0.25, -0.2) is 15.0 Å². The van der Waals surface area contributed by atoms with E-state index in [2.05, 4.69) is 36.0 Å². The van der Waals surface area contributed by atoms with Crippen molar-refractivity contribution in [2.45, 2.75) is 52.1 Å². The number of aromatic nitrogens is 4. The zero-order valence-corrected chi connectivity index (χ0v) is 18.6. The maximum absolute atomic E-state index is 11.5. The first-order valence-electron chi connectivity index (χ1n) is 10.2. The number of halogens is 1. The summed E-state index contributed by atoms with van der Waals surface area (Å²) in [4.78, 5) is 28.1. The van der Waals surface area contributed by atoms with Crippen LogP contribution in [0.2, 0.25) is 5.02 Å². The number of carbonyl (C=O) groups excluding carboxylic acids is 1. The highest BCUT2D eigenvalue weighted by atomic mass is 35.5. The van der Waals surface area contributed by atoms with Crippen LogP contribution in [0.25, 0.3) is 11.2 Å². The molecule has 1 aliphatic heterocycles. The predicted molar refractivity (Wildman–Crippen MR) is 119 cm³/mol. The van der Waals surface area contributed by atoms with E-state index in [1.54, 1.807) is 13.3 Å². The van der Waals surface area contributed by atoms with Crippen LogP contribution in [0.5, 0.6) is 0 Å². The molecule has 1 atom stereocenters. The van der Waals surface area contributed by atoms with E-state index in [1.165, 1.54) is 0 Å². The second-order valence-electron chi connectivity index (χ2n) is 8.89. The third-order valence-corrected chi connectivity index (χ3v) is 5.68. The Kier molecular flexibility index (Phi) is 5.40. The van der Waals surface area contributed by atoms with Crippen molar-refractivity contribution in [2.24, 2.45) is 0 Å². The number of nitrogens with zero attached hydrogens (tertiary/aromatic N) is 5. The number of benzene rings is 1. The van der Waals surface area contributed by atoms with Gasteiger partial charge in [0, 0.05) is 36.5 Å². The summed E-state index contributed by atoms with van der Waals surface area (Å²) in [6, 6.07) is 7.93. The molecule has 8 heteroatoms. The first-order valence-corrected chi connectivity index (χ1v) is 10.6. The van der Waals surface area contributed by atoms with Crippen LogP contribution >= 0.6 is 11.6 Å². The van der Waals surface area contributed by atoms with Gasteiger partial charge >= 0.3 is 0 Å². The van der Waals surface area contributed by atoms with Gasteiger partial charge in [0.05, 0.1) is 12.9 Å². The van der Waals surface area contributed by atoms with Gasteiger partial charge in [0.25, 0.3) is 0 Å². The first-order chi connectivity index (χ1) is 14.2. The summed E-state index contributed by atoms with van der Waals surface area (Å²) in [6.45, 7) is 10.00. The summed E-state index contributed by atoms with van der Waals surface area (Å²) in [6.07, 6.45) is 2.69. The fourth-order valence-corrected chi connectivity index (χ4v) is 3.96. The Morgan fingerprint density at radius 2 is 2.03 bits per heavy atom. The molecular weight excluding hydrogens is 400 g/mol. The smallest absolute Gasteiger partial charge is 0.217 e. The lowest BCUT2D eigenvalue weighted by Gasteiger charge is -2.22. The number of fused-ring (bicyclic) bond motifs is 1. The van der Waals surface area contributed by atoms with E-state index in [4.69, 9.17) is 21.6 Å². The Morgan fingerprint density at radius 3 is 2.73 bits per heavy atom. The number of amides is 1. The fourth-order valence-electron chi connectivity index (χ4n) is 3.77. The largest absolute Gasteiger partial charge is 0.353 e. The minimum absolute atomic E-state index is 0.00548. The summed E-state index contributed by atoms with van der Waals surface area (Å²) in [5.74, 6) is 1.60. The molecule has 1 aromatic carbocycles. The molecule has 1 amide bonds.